The molecule has 1 saturated carbocycles. The van der Waals surface area contributed by atoms with Crippen LogP contribution in [0.1, 0.15) is 24.0 Å². The molecular formula is C15H18F4N2O2. The van der Waals surface area contributed by atoms with Gasteiger partial charge in [-0.15, -0.1) is 0 Å². The first kappa shape index (κ1) is 17.5. The topological polar surface area (TPSA) is 52.6 Å². The smallest absolute Gasteiger partial charge is 0.391 e. The maximum absolute atomic E-state index is 13.0. The third-order valence-corrected chi connectivity index (χ3v) is 3.78. The number of amides is 2. The van der Waals surface area contributed by atoms with E-state index in [9.17, 15) is 27.5 Å². The lowest BCUT2D eigenvalue weighted by Gasteiger charge is -2.21. The summed E-state index contributed by atoms with van der Waals surface area (Å²) in [7, 11) is 1.45. The largest absolute Gasteiger partial charge is 0.416 e. The average molecular weight is 334 g/mol. The van der Waals surface area contributed by atoms with E-state index in [1.54, 1.807) is 0 Å². The van der Waals surface area contributed by atoms with E-state index in [2.05, 4.69) is 5.32 Å². The molecule has 2 amide bonds. The molecule has 1 unspecified atom stereocenters. The molecule has 0 bridgehead atoms. The van der Waals surface area contributed by atoms with Crippen LogP contribution in [0.5, 0.6) is 0 Å². The third kappa shape index (κ3) is 4.82. The van der Waals surface area contributed by atoms with Crippen molar-refractivity contribution in [3.8, 4) is 0 Å². The zero-order valence-electron chi connectivity index (χ0n) is 12.5. The molecule has 128 valence electrons. The molecule has 8 heteroatoms. The lowest BCUT2D eigenvalue weighted by molar-refractivity contribution is -0.138. The summed E-state index contributed by atoms with van der Waals surface area (Å²) in [6.45, 7) is -0.260. The molecule has 2 rings (SSSR count). The number of hydrogen-bond donors (Lipinski definition) is 2. The number of urea groups is 1. The monoisotopic (exact) mass is 334 g/mol. The van der Waals surface area contributed by atoms with Crippen LogP contribution in [0.4, 0.5) is 22.4 Å². The fourth-order valence-electron chi connectivity index (χ4n) is 2.27. The number of nitrogens with zero attached hydrogens (tertiary/aromatic N) is 1. The Morgan fingerprint density at radius 1 is 1.43 bits per heavy atom. The molecule has 0 saturated heterocycles. The van der Waals surface area contributed by atoms with E-state index >= 15 is 0 Å². The molecule has 4 nitrogen and oxygen atoms in total. The van der Waals surface area contributed by atoms with Crippen LogP contribution in [0.3, 0.4) is 0 Å². The molecule has 1 aliphatic carbocycles. The first-order valence-electron chi connectivity index (χ1n) is 7.21. The van der Waals surface area contributed by atoms with Crippen LogP contribution >= 0.6 is 0 Å². The van der Waals surface area contributed by atoms with E-state index in [4.69, 9.17) is 0 Å². The van der Waals surface area contributed by atoms with Crippen LogP contribution < -0.4 is 5.32 Å². The Bertz CT molecular complexity index is 573. The Morgan fingerprint density at radius 3 is 2.65 bits per heavy atom. The van der Waals surface area contributed by atoms with E-state index in [1.807, 2.05) is 0 Å². The Hall–Kier alpha value is -1.83. The maximum Gasteiger partial charge on any atom is 0.416 e. The van der Waals surface area contributed by atoms with Gasteiger partial charge < -0.3 is 15.3 Å². The van der Waals surface area contributed by atoms with E-state index < -0.39 is 29.7 Å². The second-order valence-corrected chi connectivity index (χ2v) is 5.74. The number of carbonyl (C=O) groups excluding carboxylic acids is 1. The average Bonchev–Trinajstić information content (AvgIpc) is 3.29. The van der Waals surface area contributed by atoms with Gasteiger partial charge in [-0.1, -0.05) is 6.07 Å². The molecule has 1 aromatic rings. The third-order valence-electron chi connectivity index (χ3n) is 3.78. The minimum atomic E-state index is -4.70. The second kappa shape index (κ2) is 6.74. The van der Waals surface area contributed by atoms with Crippen molar-refractivity contribution in [3.05, 3.63) is 35.1 Å². The summed E-state index contributed by atoms with van der Waals surface area (Å²) >= 11 is 0. The maximum atomic E-state index is 13.0. The molecule has 1 aliphatic rings. The van der Waals surface area contributed by atoms with Crippen molar-refractivity contribution < 1.29 is 27.5 Å². The quantitative estimate of drug-likeness (QED) is 0.814. The molecular weight excluding hydrogens is 316 g/mol. The number of benzene rings is 1. The van der Waals surface area contributed by atoms with Crippen LogP contribution in [-0.2, 0) is 12.7 Å². The van der Waals surface area contributed by atoms with E-state index in [0.29, 0.717) is 6.07 Å². The molecule has 0 radical (unpaired) electrons. The van der Waals surface area contributed by atoms with Crippen molar-refractivity contribution in [1.29, 1.82) is 0 Å². The van der Waals surface area contributed by atoms with Gasteiger partial charge in [0.05, 0.1) is 11.7 Å². The summed E-state index contributed by atoms with van der Waals surface area (Å²) in [5.74, 6) is -0.795. The number of carbonyl (C=O) groups is 1. The van der Waals surface area contributed by atoms with Crippen molar-refractivity contribution in [2.75, 3.05) is 13.6 Å². The molecule has 0 aliphatic heterocycles. The van der Waals surface area contributed by atoms with Gasteiger partial charge >= 0.3 is 12.2 Å². The number of alkyl halides is 3. The summed E-state index contributed by atoms with van der Waals surface area (Å²) < 4.78 is 51.6. The highest BCUT2D eigenvalue weighted by Crippen LogP contribution is 2.33. The van der Waals surface area contributed by atoms with Crippen LogP contribution in [0.2, 0.25) is 0 Å². The molecule has 23 heavy (non-hydrogen) atoms. The predicted octanol–water partition coefficient (Wildman–Crippen LogP) is 2.76. The molecule has 2 N–H and O–H groups in total. The first-order valence-corrected chi connectivity index (χ1v) is 7.21. The van der Waals surface area contributed by atoms with Gasteiger partial charge in [0.2, 0.25) is 0 Å². The van der Waals surface area contributed by atoms with Gasteiger partial charge in [-0.2, -0.15) is 13.2 Å². The van der Waals surface area contributed by atoms with Gasteiger partial charge in [0.15, 0.2) is 0 Å². The number of halogens is 4. The summed E-state index contributed by atoms with van der Waals surface area (Å²) in [6.07, 6.45) is -3.49. The van der Waals surface area contributed by atoms with Crippen molar-refractivity contribution in [3.63, 3.8) is 0 Å². The fourth-order valence-corrected chi connectivity index (χ4v) is 2.27. The molecule has 1 fully saturated rings. The highest BCUT2D eigenvalue weighted by molar-refractivity contribution is 5.73. The van der Waals surface area contributed by atoms with Gasteiger partial charge in [-0.3, -0.25) is 0 Å². The van der Waals surface area contributed by atoms with Crippen LogP contribution in [0.15, 0.2) is 18.2 Å². The minimum Gasteiger partial charge on any atom is -0.391 e. The highest BCUT2D eigenvalue weighted by atomic mass is 19.4. The lowest BCUT2D eigenvalue weighted by Crippen LogP contribution is -2.41. The van der Waals surface area contributed by atoms with Crippen LogP contribution in [0, 0.1) is 11.7 Å². The molecule has 0 spiro atoms. The molecule has 1 atom stereocenters. The summed E-state index contributed by atoms with van der Waals surface area (Å²) in [6, 6.07) is 1.72. The van der Waals surface area contributed by atoms with E-state index in [0.717, 1.165) is 25.0 Å². The van der Waals surface area contributed by atoms with Gasteiger partial charge in [0.1, 0.15) is 5.82 Å². The van der Waals surface area contributed by atoms with Crippen molar-refractivity contribution in [2.45, 2.75) is 31.7 Å². The summed E-state index contributed by atoms with van der Waals surface area (Å²) in [5.41, 5.74) is -1.33. The Labute approximate surface area is 131 Å². The second-order valence-electron chi connectivity index (χ2n) is 5.74. The lowest BCUT2D eigenvalue weighted by atomic mass is 10.1. The zero-order valence-corrected chi connectivity index (χ0v) is 12.5. The zero-order chi connectivity index (χ0) is 17.2. The standard InChI is InChI=1S/C15H18F4N2O2/c1-21(8-13(22)9-2-3-9)14(23)20-7-10-4-5-11(16)6-12(10)15(17,18)19/h4-6,9,13,22H,2-3,7-8H2,1H3,(H,20,23). The molecule has 0 aromatic heterocycles. The Kier molecular flexibility index (Phi) is 5.13. The van der Waals surface area contributed by atoms with Gasteiger partial charge in [-0.05, 0) is 36.5 Å². The highest BCUT2D eigenvalue weighted by Gasteiger charge is 2.34. The summed E-state index contributed by atoms with van der Waals surface area (Å²) in [4.78, 5) is 13.1. The number of nitrogens with one attached hydrogen (secondary N) is 1. The fraction of sp³-hybridized carbons (Fsp3) is 0.533. The minimum absolute atomic E-state index is 0.117. The van der Waals surface area contributed by atoms with E-state index in [-0.39, 0.29) is 24.6 Å². The van der Waals surface area contributed by atoms with Gasteiger partial charge in [0, 0.05) is 20.1 Å². The number of hydrogen-bond acceptors (Lipinski definition) is 2. The van der Waals surface area contributed by atoms with Crippen molar-refractivity contribution >= 4 is 6.03 Å². The SMILES string of the molecule is CN(CC(O)C1CC1)C(=O)NCc1ccc(F)cc1C(F)(F)F. The molecule has 1 aromatic carbocycles. The van der Waals surface area contributed by atoms with Crippen molar-refractivity contribution in [2.24, 2.45) is 5.92 Å². The number of aliphatic hydroxyl groups excluding tert-OH is 1. The number of likely N-dealkylation sites (N-methyl/N-ethyl adjacent to an activating group) is 1. The first-order chi connectivity index (χ1) is 10.7. The Balaban J connectivity index is 1.95. The predicted molar refractivity (Wildman–Crippen MR) is 75.0 cm³/mol. The summed E-state index contributed by atoms with van der Waals surface area (Å²) in [5, 5.41) is 12.1. The van der Waals surface area contributed by atoms with Gasteiger partial charge in [0.25, 0.3) is 0 Å². The van der Waals surface area contributed by atoms with Crippen molar-refractivity contribution in [1.82, 2.24) is 10.2 Å². The van der Waals surface area contributed by atoms with Crippen LogP contribution in [0.25, 0.3) is 0 Å². The number of aliphatic hydroxyl groups is 1. The normalized spacial score (nSPS) is 16.1. The van der Waals surface area contributed by atoms with Crippen LogP contribution in [-0.4, -0.2) is 35.7 Å². The number of rotatable bonds is 5. The van der Waals surface area contributed by atoms with E-state index in [1.165, 1.54) is 11.9 Å². The molecule has 0 heterocycles. The Morgan fingerprint density at radius 2 is 2.09 bits per heavy atom. The van der Waals surface area contributed by atoms with Gasteiger partial charge in [-0.25, -0.2) is 9.18 Å².